The molecule has 3 aliphatic heterocycles. The zero-order chi connectivity index (χ0) is 34.1. The molecule has 3 fully saturated rings. The van der Waals surface area contributed by atoms with Gasteiger partial charge in [0, 0.05) is 29.6 Å². The molecule has 47 heavy (non-hydrogen) atoms. The molecule has 2 bridgehead atoms. The van der Waals surface area contributed by atoms with Crippen molar-refractivity contribution in [1.29, 1.82) is 0 Å². The van der Waals surface area contributed by atoms with Crippen LogP contribution in [-0.4, -0.2) is 79.9 Å². The largest absolute Gasteiger partial charge is 0.394 e. The molecule has 1 N–H and O–H groups in total. The molecule has 7 nitrogen and oxygen atoms in total. The van der Waals surface area contributed by atoms with Crippen LogP contribution in [0.3, 0.4) is 0 Å². The molecule has 0 aromatic heterocycles. The van der Waals surface area contributed by atoms with Crippen LogP contribution in [-0.2, 0) is 20.8 Å². The Hall–Kier alpha value is -3.36. The molecule has 0 saturated carbocycles. The van der Waals surface area contributed by atoms with Gasteiger partial charge in [0.2, 0.25) is 17.7 Å². The smallest absolute Gasteiger partial charge is 0.247 e. The van der Waals surface area contributed by atoms with E-state index in [0.29, 0.717) is 25.9 Å². The van der Waals surface area contributed by atoms with Gasteiger partial charge >= 0.3 is 0 Å². The number of amides is 3. The molecular weight excluding hydrogens is 607 g/mol. The Balaban J connectivity index is 1.61. The number of likely N-dealkylation sites (tertiary alicyclic amines) is 1. The van der Waals surface area contributed by atoms with Crippen molar-refractivity contribution in [1.82, 2.24) is 9.80 Å². The van der Waals surface area contributed by atoms with E-state index in [0.717, 1.165) is 24.1 Å². The molecule has 2 aromatic carbocycles. The van der Waals surface area contributed by atoms with Gasteiger partial charge in [-0.15, -0.1) is 24.9 Å². The molecule has 1 spiro atoms. The van der Waals surface area contributed by atoms with E-state index in [1.807, 2.05) is 65.6 Å². The first kappa shape index (κ1) is 35.0. The maximum atomic E-state index is 15.2. The Labute approximate surface area is 285 Å². The molecule has 0 aliphatic carbocycles. The van der Waals surface area contributed by atoms with Gasteiger partial charge in [0.15, 0.2) is 0 Å². The number of hydrogen-bond acceptors (Lipinski definition) is 5. The van der Waals surface area contributed by atoms with Crippen LogP contribution in [0.1, 0.15) is 59.4 Å². The number of nitrogens with zero attached hydrogens (tertiary/aromatic N) is 3. The minimum absolute atomic E-state index is 0.0553. The lowest BCUT2D eigenvalue weighted by molar-refractivity contribution is -0.149. The van der Waals surface area contributed by atoms with Crippen LogP contribution < -0.4 is 4.90 Å². The lowest BCUT2D eigenvalue weighted by Gasteiger charge is -2.46. The molecule has 6 atom stereocenters. The van der Waals surface area contributed by atoms with Crippen molar-refractivity contribution in [3.05, 3.63) is 91.5 Å². The Morgan fingerprint density at radius 3 is 2.19 bits per heavy atom. The fourth-order valence-corrected chi connectivity index (χ4v) is 10.9. The lowest BCUT2D eigenvalue weighted by Crippen LogP contribution is -2.62. The van der Waals surface area contributed by atoms with Crippen LogP contribution in [0.2, 0.25) is 0 Å². The number of aliphatic hydroxyl groups excluding tert-OH is 1. The van der Waals surface area contributed by atoms with Gasteiger partial charge in [-0.3, -0.25) is 14.4 Å². The molecule has 2 unspecified atom stereocenters. The monoisotopic (exact) mass is 657 g/mol. The van der Waals surface area contributed by atoms with Gasteiger partial charge < -0.3 is 19.8 Å². The number of rotatable bonds is 13. The Morgan fingerprint density at radius 1 is 1.00 bits per heavy atom. The van der Waals surface area contributed by atoms with Crippen molar-refractivity contribution >= 4 is 35.2 Å². The second-order valence-corrected chi connectivity index (χ2v) is 16.8. The average molecular weight is 658 g/mol. The number of aliphatic hydroxyl groups is 1. The van der Waals surface area contributed by atoms with Crippen LogP contribution in [0.4, 0.5) is 5.69 Å². The van der Waals surface area contributed by atoms with Gasteiger partial charge in [-0.05, 0) is 62.6 Å². The summed E-state index contributed by atoms with van der Waals surface area (Å²) in [5.74, 6) is -1.71. The number of hydrogen-bond donors (Lipinski definition) is 1. The van der Waals surface area contributed by atoms with E-state index in [4.69, 9.17) is 0 Å². The third-order valence-electron chi connectivity index (χ3n) is 10.1. The fourth-order valence-electron chi connectivity index (χ4n) is 8.73. The van der Waals surface area contributed by atoms with Gasteiger partial charge in [-0.2, -0.15) is 0 Å². The van der Waals surface area contributed by atoms with E-state index < -0.39 is 34.2 Å². The SMILES string of the molecule is C=CCN(C(=O)[C@@H]1[C@@H]2CCC3(S2)C(C(=O)N(CC=C)C(C)(C)CC(C)(C)C)N([C@@H](CO)Cc2ccccc2)C(=O)[C@H]13)c1ccccc1. The molecule has 3 saturated heterocycles. The quantitative estimate of drug-likeness (QED) is 0.262. The molecule has 252 valence electrons. The van der Waals surface area contributed by atoms with E-state index in [9.17, 15) is 14.7 Å². The maximum Gasteiger partial charge on any atom is 0.247 e. The summed E-state index contributed by atoms with van der Waals surface area (Å²) < 4.78 is -0.781. The molecule has 3 aliphatic rings. The second-order valence-electron chi connectivity index (χ2n) is 15.2. The lowest BCUT2D eigenvalue weighted by atomic mass is 9.70. The van der Waals surface area contributed by atoms with Crippen LogP contribution in [0.15, 0.2) is 86.0 Å². The topological polar surface area (TPSA) is 81.2 Å². The first-order chi connectivity index (χ1) is 22.3. The molecular formula is C39H51N3O4S. The highest BCUT2D eigenvalue weighted by atomic mass is 32.2. The Morgan fingerprint density at radius 2 is 1.62 bits per heavy atom. The average Bonchev–Trinajstić information content (AvgIpc) is 3.68. The molecule has 3 amide bonds. The number of thioether (sulfide) groups is 1. The van der Waals surface area contributed by atoms with Crippen molar-refractivity contribution in [3.63, 3.8) is 0 Å². The zero-order valence-corrected chi connectivity index (χ0v) is 29.4. The predicted molar refractivity (Wildman–Crippen MR) is 191 cm³/mol. The molecule has 2 aromatic rings. The number of benzene rings is 2. The summed E-state index contributed by atoms with van der Waals surface area (Å²) in [4.78, 5) is 50.1. The summed E-state index contributed by atoms with van der Waals surface area (Å²) in [7, 11) is 0. The molecule has 3 heterocycles. The third-order valence-corrected chi connectivity index (χ3v) is 12.0. The first-order valence-corrected chi connectivity index (χ1v) is 17.7. The molecule has 5 rings (SSSR count). The van der Waals surface area contributed by atoms with Crippen molar-refractivity contribution in [2.24, 2.45) is 17.3 Å². The third kappa shape index (κ3) is 6.56. The van der Waals surface area contributed by atoms with E-state index in [-0.39, 0.29) is 35.0 Å². The van der Waals surface area contributed by atoms with Crippen molar-refractivity contribution in [3.8, 4) is 0 Å². The van der Waals surface area contributed by atoms with Gasteiger partial charge in [0.1, 0.15) is 6.04 Å². The number of anilines is 1. The van der Waals surface area contributed by atoms with E-state index in [2.05, 4.69) is 47.8 Å². The minimum atomic E-state index is -0.822. The van der Waals surface area contributed by atoms with Gasteiger partial charge in [-0.1, -0.05) is 81.5 Å². The Bertz CT molecular complexity index is 1470. The number of fused-ring (bicyclic) bond motifs is 1. The normalized spacial score (nSPS) is 25.7. The van der Waals surface area contributed by atoms with Gasteiger partial charge in [-0.25, -0.2) is 0 Å². The van der Waals surface area contributed by atoms with Crippen LogP contribution in [0.25, 0.3) is 0 Å². The summed E-state index contributed by atoms with van der Waals surface area (Å²) in [5.41, 5.74) is 1.14. The standard InChI is InChI=1S/C39H51N3O4S/c1-8-22-40(28-18-14-11-15-19-28)34(44)31-30-20-21-39(47-30)32(31)35(45)42(29(25-43)24-27-16-12-10-13-17-27)33(39)36(46)41(23-9-2)38(6,7)26-37(3,4)5/h8-19,29-33,43H,1-2,20-26H2,3-7H3/t29-,30+,31-,32+,33?,39?/m1/s1. The summed E-state index contributed by atoms with van der Waals surface area (Å²) in [6.07, 6.45) is 6.02. The first-order valence-electron chi connectivity index (χ1n) is 16.8. The second kappa shape index (κ2) is 13.6. The van der Waals surface area contributed by atoms with Gasteiger partial charge in [0.05, 0.1) is 29.2 Å². The summed E-state index contributed by atoms with van der Waals surface area (Å²) >= 11 is 1.66. The summed E-state index contributed by atoms with van der Waals surface area (Å²) in [5, 5.41) is 10.8. The maximum absolute atomic E-state index is 15.2. The number of carbonyl (C=O) groups is 3. The Kier molecular flexibility index (Phi) is 10.1. The summed E-state index contributed by atoms with van der Waals surface area (Å²) in [6, 6.07) is 17.8. The van der Waals surface area contributed by atoms with Crippen LogP contribution in [0.5, 0.6) is 0 Å². The van der Waals surface area contributed by atoms with Crippen molar-refractivity contribution in [2.75, 3.05) is 24.6 Å². The van der Waals surface area contributed by atoms with E-state index in [1.165, 1.54) is 0 Å². The van der Waals surface area contributed by atoms with Crippen molar-refractivity contribution < 1.29 is 19.5 Å². The van der Waals surface area contributed by atoms with Crippen molar-refractivity contribution in [2.45, 2.75) is 87.9 Å². The summed E-state index contributed by atoms with van der Waals surface area (Å²) in [6.45, 7) is 18.9. The van der Waals surface area contributed by atoms with E-state index >= 15 is 4.79 Å². The van der Waals surface area contributed by atoms with Crippen LogP contribution in [0, 0.1) is 17.3 Å². The number of carbonyl (C=O) groups excluding carboxylic acids is 3. The molecule has 8 heteroatoms. The fraction of sp³-hybridized carbons (Fsp3) is 0.513. The van der Waals surface area contributed by atoms with Gasteiger partial charge in [0.25, 0.3) is 0 Å². The predicted octanol–water partition coefficient (Wildman–Crippen LogP) is 6.13. The highest BCUT2D eigenvalue weighted by molar-refractivity contribution is 8.02. The van der Waals surface area contributed by atoms with Crippen LogP contribution >= 0.6 is 11.8 Å². The highest BCUT2D eigenvalue weighted by Crippen LogP contribution is 2.67. The zero-order valence-electron chi connectivity index (χ0n) is 28.6. The molecule has 0 radical (unpaired) electrons. The van der Waals surface area contributed by atoms with E-state index in [1.54, 1.807) is 33.7 Å². The highest BCUT2D eigenvalue weighted by Gasteiger charge is 2.75. The number of para-hydroxylation sites is 1. The minimum Gasteiger partial charge on any atom is -0.394 e.